The van der Waals surface area contributed by atoms with Crippen LogP contribution < -0.4 is 19.7 Å². The van der Waals surface area contributed by atoms with Crippen LogP contribution in [0.5, 0.6) is 11.5 Å². The van der Waals surface area contributed by atoms with Crippen molar-refractivity contribution in [2.45, 2.75) is 37.9 Å². The van der Waals surface area contributed by atoms with E-state index in [0.717, 1.165) is 48.9 Å². The first-order valence-electron chi connectivity index (χ1n) is 11.2. The van der Waals surface area contributed by atoms with Gasteiger partial charge in [0.25, 0.3) is 0 Å². The van der Waals surface area contributed by atoms with Gasteiger partial charge in [-0.15, -0.1) is 10.2 Å². The number of carbonyl (C=O) groups excluding carboxylic acids is 1. The Morgan fingerprint density at radius 2 is 1.85 bits per heavy atom. The number of fused-ring (bicyclic) bond motifs is 1. The second kappa shape index (κ2) is 9.35. The Balaban J connectivity index is 1.29. The second-order valence-electron chi connectivity index (χ2n) is 8.34. The number of nitrogens with zero attached hydrogens (tertiary/aromatic N) is 4. The van der Waals surface area contributed by atoms with E-state index in [9.17, 15) is 4.79 Å². The molecule has 33 heavy (non-hydrogen) atoms. The van der Waals surface area contributed by atoms with Gasteiger partial charge < -0.3 is 19.7 Å². The zero-order chi connectivity index (χ0) is 22.8. The van der Waals surface area contributed by atoms with Crippen LogP contribution in [0.25, 0.3) is 5.69 Å². The molecule has 3 heterocycles. The Hall–Kier alpha value is -3.20. The summed E-state index contributed by atoms with van der Waals surface area (Å²) in [5.74, 6) is 2.47. The Morgan fingerprint density at radius 1 is 1.09 bits per heavy atom. The van der Waals surface area contributed by atoms with Gasteiger partial charge in [-0.2, -0.15) is 0 Å². The number of benzene rings is 2. The van der Waals surface area contributed by atoms with E-state index in [1.165, 1.54) is 17.3 Å². The minimum atomic E-state index is -0.150. The number of aromatic nitrogens is 3. The third-order valence-corrected chi connectivity index (χ3v) is 6.83. The molecule has 1 saturated heterocycles. The number of rotatable bonds is 7. The van der Waals surface area contributed by atoms with Gasteiger partial charge in [-0.3, -0.25) is 9.36 Å². The largest absolute Gasteiger partial charge is 0.454 e. The van der Waals surface area contributed by atoms with Crippen LogP contribution in [0, 0.1) is 6.92 Å². The predicted octanol–water partition coefficient (Wildman–Crippen LogP) is 3.87. The molecule has 1 amide bonds. The Labute approximate surface area is 197 Å². The highest BCUT2D eigenvalue weighted by Crippen LogP contribution is 2.34. The summed E-state index contributed by atoms with van der Waals surface area (Å²) in [6, 6.07) is 13.9. The summed E-state index contributed by atoms with van der Waals surface area (Å²) >= 11 is 1.40. The van der Waals surface area contributed by atoms with Crippen molar-refractivity contribution in [2.75, 3.05) is 30.5 Å². The van der Waals surface area contributed by atoms with Crippen LogP contribution in [0.4, 0.5) is 5.95 Å². The minimum absolute atomic E-state index is 0.0636. The van der Waals surface area contributed by atoms with Gasteiger partial charge >= 0.3 is 0 Å². The summed E-state index contributed by atoms with van der Waals surface area (Å²) in [5.41, 5.74) is 3.17. The smallest absolute Gasteiger partial charge is 0.232 e. The van der Waals surface area contributed by atoms with Gasteiger partial charge in [0.2, 0.25) is 18.6 Å². The lowest BCUT2D eigenvalue weighted by Gasteiger charge is -2.18. The van der Waals surface area contributed by atoms with E-state index in [0.29, 0.717) is 10.9 Å². The topological polar surface area (TPSA) is 81.5 Å². The molecule has 1 aromatic heterocycles. The molecule has 9 heteroatoms. The van der Waals surface area contributed by atoms with E-state index in [-0.39, 0.29) is 24.5 Å². The molecule has 5 rings (SSSR count). The first-order valence-corrected chi connectivity index (χ1v) is 12.2. The monoisotopic (exact) mass is 465 g/mol. The molecule has 1 fully saturated rings. The quantitative estimate of drug-likeness (QED) is 0.531. The summed E-state index contributed by atoms with van der Waals surface area (Å²) < 4.78 is 12.9. The summed E-state index contributed by atoms with van der Waals surface area (Å²) in [6.45, 7) is 6.21. The van der Waals surface area contributed by atoms with Crippen LogP contribution >= 0.6 is 11.8 Å². The normalized spacial score (nSPS) is 15.6. The zero-order valence-corrected chi connectivity index (χ0v) is 19.6. The second-order valence-corrected chi connectivity index (χ2v) is 9.28. The third-order valence-electron chi connectivity index (χ3n) is 5.90. The van der Waals surface area contributed by atoms with E-state index in [4.69, 9.17) is 9.47 Å². The molecule has 1 atom stereocenters. The Bertz CT molecular complexity index is 1140. The highest BCUT2D eigenvalue weighted by molar-refractivity contribution is 7.99. The van der Waals surface area contributed by atoms with Crippen molar-refractivity contribution < 1.29 is 14.3 Å². The molecule has 3 aromatic rings. The molecule has 8 nitrogen and oxygen atoms in total. The molecule has 0 radical (unpaired) electrons. The number of aryl methyl sites for hydroxylation is 1. The lowest BCUT2D eigenvalue weighted by Crippen LogP contribution is -2.28. The van der Waals surface area contributed by atoms with Crippen molar-refractivity contribution in [1.29, 1.82) is 0 Å². The van der Waals surface area contributed by atoms with E-state index < -0.39 is 0 Å². The van der Waals surface area contributed by atoms with Crippen molar-refractivity contribution in [3.8, 4) is 17.2 Å². The maximum atomic E-state index is 12.7. The molecule has 1 unspecified atom stereocenters. The SMILES string of the molecule is Cc1ccc(-n2c(SCC(=O)NC(C)c3ccc4c(c3)OCO4)nnc2N2CCCC2)cc1. The van der Waals surface area contributed by atoms with Crippen LogP contribution in [0.15, 0.2) is 47.6 Å². The van der Waals surface area contributed by atoms with Crippen LogP contribution in [0.1, 0.15) is 36.9 Å². The van der Waals surface area contributed by atoms with Crippen LogP contribution in [0.3, 0.4) is 0 Å². The van der Waals surface area contributed by atoms with Gasteiger partial charge in [0.05, 0.1) is 17.5 Å². The fourth-order valence-electron chi connectivity index (χ4n) is 4.08. The number of anilines is 1. The number of nitrogens with one attached hydrogen (secondary N) is 1. The Morgan fingerprint density at radius 3 is 2.64 bits per heavy atom. The van der Waals surface area contributed by atoms with Crippen molar-refractivity contribution in [1.82, 2.24) is 20.1 Å². The van der Waals surface area contributed by atoms with Gasteiger partial charge in [0.15, 0.2) is 16.7 Å². The summed E-state index contributed by atoms with van der Waals surface area (Å²) in [4.78, 5) is 15.0. The number of thioether (sulfide) groups is 1. The summed E-state index contributed by atoms with van der Waals surface area (Å²) in [5, 5.41) is 12.7. The molecule has 172 valence electrons. The maximum absolute atomic E-state index is 12.7. The molecule has 0 spiro atoms. The van der Waals surface area contributed by atoms with Crippen molar-refractivity contribution in [3.63, 3.8) is 0 Å². The molecule has 2 aliphatic heterocycles. The van der Waals surface area contributed by atoms with Crippen LogP contribution in [0.2, 0.25) is 0 Å². The molecule has 2 aliphatic rings. The molecule has 1 N–H and O–H groups in total. The summed E-state index contributed by atoms with van der Waals surface area (Å²) in [7, 11) is 0. The van der Waals surface area contributed by atoms with Crippen LogP contribution in [-0.2, 0) is 4.79 Å². The summed E-state index contributed by atoms with van der Waals surface area (Å²) in [6.07, 6.45) is 2.31. The standard InChI is InChI=1S/C24H27N5O3S/c1-16-5-8-19(9-6-16)29-23(28-11-3-4-12-28)26-27-24(29)33-14-22(30)25-17(2)18-7-10-20-21(13-18)32-15-31-20/h5-10,13,17H,3-4,11-12,14-15H2,1-2H3,(H,25,30). The lowest BCUT2D eigenvalue weighted by molar-refractivity contribution is -0.119. The van der Waals surface area contributed by atoms with Crippen molar-refractivity contribution >= 4 is 23.6 Å². The molecule has 0 aliphatic carbocycles. The minimum Gasteiger partial charge on any atom is -0.454 e. The number of hydrogen-bond donors (Lipinski definition) is 1. The van der Waals surface area contributed by atoms with Gasteiger partial charge in [0.1, 0.15) is 0 Å². The van der Waals surface area contributed by atoms with E-state index >= 15 is 0 Å². The maximum Gasteiger partial charge on any atom is 0.232 e. The van der Waals surface area contributed by atoms with Gasteiger partial charge in [-0.1, -0.05) is 35.5 Å². The van der Waals surface area contributed by atoms with E-state index in [1.807, 2.05) is 25.1 Å². The number of carbonyl (C=O) groups is 1. The van der Waals surface area contributed by atoms with E-state index in [1.54, 1.807) is 0 Å². The molecule has 2 aromatic carbocycles. The lowest BCUT2D eigenvalue weighted by atomic mass is 10.1. The highest BCUT2D eigenvalue weighted by atomic mass is 32.2. The van der Waals surface area contributed by atoms with E-state index in [2.05, 4.69) is 56.2 Å². The molecule has 0 saturated carbocycles. The Kier molecular flexibility index (Phi) is 6.13. The van der Waals surface area contributed by atoms with Crippen molar-refractivity contribution in [2.24, 2.45) is 0 Å². The molecular formula is C24H27N5O3S. The number of ether oxygens (including phenoxy) is 2. The molecular weight excluding hydrogens is 438 g/mol. The first kappa shape index (κ1) is 21.6. The van der Waals surface area contributed by atoms with Crippen molar-refractivity contribution in [3.05, 3.63) is 53.6 Å². The van der Waals surface area contributed by atoms with Gasteiger partial charge in [-0.05, 0) is 56.5 Å². The fraction of sp³-hybridized carbons (Fsp3) is 0.375. The first-order chi connectivity index (χ1) is 16.1. The zero-order valence-electron chi connectivity index (χ0n) is 18.8. The van der Waals surface area contributed by atoms with Gasteiger partial charge in [0, 0.05) is 13.1 Å². The van der Waals surface area contributed by atoms with Gasteiger partial charge in [-0.25, -0.2) is 0 Å². The fourth-order valence-corrected chi connectivity index (χ4v) is 4.83. The number of hydrogen-bond acceptors (Lipinski definition) is 7. The average molecular weight is 466 g/mol. The third kappa shape index (κ3) is 4.64. The molecule has 0 bridgehead atoms. The number of amides is 1. The predicted molar refractivity (Wildman–Crippen MR) is 127 cm³/mol. The highest BCUT2D eigenvalue weighted by Gasteiger charge is 2.23. The van der Waals surface area contributed by atoms with Crippen LogP contribution in [-0.4, -0.2) is 46.3 Å². The average Bonchev–Trinajstić information content (AvgIpc) is 3.58.